The van der Waals surface area contributed by atoms with Gasteiger partial charge in [-0.3, -0.25) is 4.90 Å². The van der Waals surface area contributed by atoms with Gasteiger partial charge < -0.3 is 24.6 Å². The van der Waals surface area contributed by atoms with Crippen molar-refractivity contribution in [3.05, 3.63) is 71.8 Å². The molecule has 2 N–H and O–H groups in total. The number of nitrogens with one attached hydrogen (secondary N) is 1. The van der Waals surface area contributed by atoms with Crippen molar-refractivity contribution in [3.8, 4) is 5.75 Å². The molecule has 0 spiro atoms. The van der Waals surface area contributed by atoms with Gasteiger partial charge in [0.2, 0.25) is 5.95 Å². The molecule has 8 heteroatoms. The first-order valence-corrected chi connectivity index (χ1v) is 12.1. The van der Waals surface area contributed by atoms with Crippen molar-refractivity contribution in [3.63, 3.8) is 0 Å². The fourth-order valence-electron chi connectivity index (χ4n) is 3.93. The number of nitrogens with zero attached hydrogens (tertiary/aromatic N) is 3. The molecule has 1 aromatic heterocycles. The van der Waals surface area contributed by atoms with Gasteiger partial charge in [0.1, 0.15) is 24.7 Å². The first-order chi connectivity index (χ1) is 17.2. The lowest BCUT2D eigenvalue weighted by Crippen LogP contribution is -2.25. The number of fused-ring (bicyclic) bond motifs is 4. The van der Waals surface area contributed by atoms with E-state index in [4.69, 9.17) is 14.2 Å². The minimum absolute atomic E-state index is 0.134. The molecule has 1 saturated heterocycles. The van der Waals surface area contributed by atoms with E-state index in [9.17, 15) is 5.11 Å². The highest BCUT2D eigenvalue weighted by Crippen LogP contribution is 2.26. The summed E-state index contributed by atoms with van der Waals surface area (Å²) in [5.41, 5.74) is 3.48. The minimum atomic E-state index is 0.134. The quantitative estimate of drug-likeness (QED) is 0.615. The lowest BCUT2D eigenvalue weighted by atomic mass is 10.2. The maximum atomic E-state index is 10.0. The number of rotatable bonds is 4. The number of hydrogen-bond donors (Lipinski definition) is 2. The van der Waals surface area contributed by atoms with Crippen molar-refractivity contribution >= 4 is 17.2 Å². The smallest absolute Gasteiger partial charge is 0.227 e. The molecule has 0 aliphatic carbocycles. The number of anilines is 2. The first-order valence-electron chi connectivity index (χ1n) is 12.1. The highest BCUT2D eigenvalue weighted by atomic mass is 16.5. The average Bonchev–Trinajstić information content (AvgIpc) is 3.38. The van der Waals surface area contributed by atoms with Crippen molar-refractivity contribution in [2.75, 3.05) is 51.4 Å². The maximum absolute atomic E-state index is 10.0. The van der Waals surface area contributed by atoms with E-state index in [0.717, 1.165) is 47.9 Å². The van der Waals surface area contributed by atoms with Gasteiger partial charge in [0.25, 0.3) is 0 Å². The van der Waals surface area contributed by atoms with Gasteiger partial charge in [-0.2, -0.15) is 0 Å². The first kappa shape index (κ1) is 24.9. The Morgan fingerprint density at radius 1 is 1.06 bits per heavy atom. The van der Waals surface area contributed by atoms with Crippen LogP contribution in [0, 0.1) is 0 Å². The number of aliphatic hydroxyl groups is 1. The molecular weight excluding hydrogens is 444 g/mol. The van der Waals surface area contributed by atoms with Crippen LogP contribution in [0.25, 0.3) is 5.57 Å². The molecule has 35 heavy (non-hydrogen) atoms. The van der Waals surface area contributed by atoms with Crippen molar-refractivity contribution in [2.24, 2.45) is 0 Å². The zero-order chi connectivity index (χ0) is 24.3. The molecule has 8 nitrogen and oxygen atoms in total. The Morgan fingerprint density at radius 2 is 1.86 bits per heavy atom. The summed E-state index contributed by atoms with van der Waals surface area (Å²) in [6.45, 7) is 7.21. The van der Waals surface area contributed by atoms with Gasteiger partial charge in [-0.25, -0.2) is 9.97 Å². The summed E-state index contributed by atoms with van der Waals surface area (Å²) in [6, 6.07) is 7.79. The number of aliphatic hydroxyl groups excluding tert-OH is 1. The Kier molecular flexibility index (Phi) is 9.28. The fraction of sp³-hybridized carbons (Fsp3) is 0.407. The van der Waals surface area contributed by atoms with Crippen LogP contribution in [0.4, 0.5) is 11.6 Å². The number of allylic oxidation sites excluding steroid dienone is 3. The molecule has 4 rings (SSSR count). The van der Waals surface area contributed by atoms with E-state index >= 15 is 0 Å². The molecule has 0 atom stereocenters. The fourth-order valence-corrected chi connectivity index (χ4v) is 3.93. The second kappa shape index (κ2) is 13.0. The van der Waals surface area contributed by atoms with Gasteiger partial charge in [0, 0.05) is 24.0 Å². The molecule has 0 radical (unpaired) electrons. The Labute approximate surface area is 206 Å². The molecule has 4 bridgehead atoms. The zero-order valence-corrected chi connectivity index (χ0v) is 20.3. The summed E-state index contributed by atoms with van der Waals surface area (Å²) >= 11 is 0. The van der Waals surface area contributed by atoms with Crippen LogP contribution in [0.5, 0.6) is 5.75 Å². The summed E-state index contributed by atoms with van der Waals surface area (Å²) < 4.78 is 17.5. The average molecular weight is 479 g/mol. The van der Waals surface area contributed by atoms with Crippen LogP contribution < -0.4 is 10.1 Å². The summed E-state index contributed by atoms with van der Waals surface area (Å²) in [4.78, 5) is 11.4. The summed E-state index contributed by atoms with van der Waals surface area (Å²) in [6.07, 6.45) is 11.5. The summed E-state index contributed by atoms with van der Waals surface area (Å²) in [5.74, 6) is 1.46. The molecule has 1 aromatic carbocycles. The van der Waals surface area contributed by atoms with Crippen molar-refractivity contribution in [1.29, 1.82) is 0 Å². The van der Waals surface area contributed by atoms with Gasteiger partial charge in [0.15, 0.2) is 0 Å². The van der Waals surface area contributed by atoms with E-state index in [2.05, 4.69) is 20.2 Å². The number of ether oxygens (including phenoxy) is 3. The Morgan fingerprint density at radius 3 is 2.69 bits per heavy atom. The minimum Gasteiger partial charge on any atom is -0.510 e. The van der Waals surface area contributed by atoms with Crippen LogP contribution in [0.1, 0.15) is 31.0 Å². The van der Waals surface area contributed by atoms with Gasteiger partial charge in [0.05, 0.1) is 25.5 Å². The van der Waals surface area contributed by atoms with Crippen molar-refractivity contribution in [1.82, 2.24) is 14.9 Å². The number of hydrogen-bond acceptors (Lipinski definition) is 8. The van der Waals surface area contributed by atoms with Gasteiger partial charge in [-0.05, 0) is 68.8 Å². The molecular formula is C27H34N4O4. The van der Waals surface area contributed by atoms with E-state index in [1.807, 2.05) is 49.4 Å². The molecule has 1 fully saturated rings. The number of likely N-dealkylation sites (tertiary alicyclic amines) is 1. The molecule has 0 saturated carbocycles. The predicted molar refractivity (Wildman–Crippen MR) is 137 cm³/mol. The largest absolute Gasteiger partial charge is 0.510 e. The van der Waals surface area contributed by atoms with Crippen LogP contribution >= 0.6 is 0 Å². The Balaban J connectivity index is 1.53. The molecule has 186 valence electrons. The third-order valence-electron chi connectivity index (χ3n) is 5.87. The highest BCUT2D eigenvalue weighted by Gasteiger charge is 2.12. The molecule has 0 unspecified atom stereocenters. The van der Waals surface area contributed by atoms with E-state index < -0.39 is 0 Å². The van der Waals surface area contributed by atoms with Crippen LogP contribution in [-0.2, 0) is 16.1 Å². The van der Waals surface area contributed by atoms with E-state index in [-0.39, 0.29) is 12.4 Å². The standard InChI is InChI=1S/C27H34N4O4/c1-21-6-8-24(32)20-34-16-5-4-15-33-19-22-18-23(29-27-28-11-10-25(21)30-27)7-9-26(22)35-17-14-31-12-2-3-13-31/h4-11,18,32H,2-3,12-17,19-20H2,1H3,(H,28,29,30)/b5-4+,21-6+,24-8-. The second-order valence-electron chi connectivity index (χ2n) is 8.62. The molecule has 0 amide bonds. The third kappa shape index (κ3) is 7.92. The molecule has 3 heterocycles. The van der Waals surface area contributed by atoms with Crippen LogP contribution in [0.3, 0.4) is 0 Å². The van der Waals surface area contributed by atoms with Crippen molar-refractivity contribution < 1.29 is 19.3 Å². The summed E-state index contributed by atoms with van der Waals surface area (Å²) in [5, 5.41) is 13.3. The lowest BCUT2D eigenvalue weighted by molar-refractivity contribution is 0.140. The predicted octanol–water partition coefficient (Wildman–Crippen LogP) is 4.64. The normalized spacial score (nSPS) is 21.9. The lowest BCUT2D eigenvalue weighted by Gasteiger charge is -2.17. The number of aromatic nitrogens is 2. The van der Waals surface area contributed by atoms with Crippen LogP contribution in [0.2, 0.25) is 0 Å². The monoisotopic (exact) mass is 478 g/mol. The Hall–Kier alpha value is -3.20. The number of benzene rings is 1. The molecule has 2 aromatic rings. The highest BCUT2D eigenvalue weighted by molar-refractivity contribution is 5.64. The van der Waals surface area contributed by atoms with Gasteiger partial charge >= 0.3 is 0 Å². The van der Waals surface area contributed by atoms with Gasteiger partial charge in [-0.1, -0.05) is 18.2 Å². The third-order valence-corrected chi connectivity index (χ3v) is 5.87. The maximum Gasteiger partial charge on any atom is 0.227 e. The van der Waals surface area contributed by atoms with E-state index in [0.29, 0.717) is 32.4 Å². The Bertz CT molecular complexity index is 1060. The zero-order valence-electron chi connectivity index (χ0n) is 20.3. The van der Waals surface area contributed by atoms with E-state index in [1.165, 1.54) is 12.8 Å². The van der Waals surface area contributed by atoms with Crippen LogP contribution in [-0.4, -0.2) is 66.0 Å². The molecule has 2 aliphatic heterocycles. The van der Waals surface area contributed by atoms with Crippen molar-refractivity contribution in [2.45, 2.75) is 26.4 Å². The molecule has 2 aliphatic rings. The SMILES string of the molecule is C/C1=C\C=C(/O)COC/C=C/COCc2cc(ccc2OCCN2CCCC2)Nc2nccc1n2. The topological polar surface area (TPSA) is 89.0 Å². The van der Waals surface area contributed by atoms with Crippen LogP contribution in [0.15, 0.2) is 60.5 Å². The second-order valence-corrected chi connectivity index (χ2v) is 8.62. The van der Waals surface area contributed by atoms with Gasteiger partial charge in [-0.15, -0.1) is 0 Å². The van der Waals surface area contributed by atoms with E-state index in [1.54, 1.807) is 12.3 Å². The summed E-state index contributed by atoms with van der Waals surface area (Å²) in [7, 11) is 0.